The van der Waals surface area contributed by atoms with Crippen LogP contribution < -0.4 is 11.1 Å². The molecule has 0 aromatic carbocycles. The second-order valence-corrected chi connectivity index (χ2v) is 4.60. The van der Waals surface area contributed by atoms with Gasteiger partial charge in [-0.05, 0) is 6.42 Å². The van der Waals surface area contributed by atoms with Gasteiger partial charge in [0.1, 0.15) is 24.4 Å². The van der Waals surface area contributed by atoms with Crippen molar-refractivity contribution in [2.45, 2.75) is 43.3 Å². The van der Waals surface area contributed by atoms with E-state index in [2.05, 4.69) is 5.32 Å². The minimum atomic E-state index is -1.79. The van der Waals surface area contributed by atoms with Gasteiger partial charge in [0.2, 0.25) is 5.91 Å². The van der Waals surface area contributed by atoms with Gasteiger partial charge in [-0.3, -0.25) is 9.59 Å². The van der Waals surface area contributed by atoms with Crippen LogP contribution in [0.5, 0.6) is 0 Å². The quantitative estimate of drug-likeness (QED) is 0.186. The van der Waals surface area contributed by atoms with E-state index in [0.717, 1.165) is 0 Å². The van der Waals surface area contributed by atoms with Gasteiger partial charge < -0.3 is 41.7 Å². The maximum Gasteiger partial charge on any atom is 0.320 e. The number of aliphatic hydroxyl groups is 5. The maximum atomic E-state index is 10.9. The summed E-state index contributed by atoms with van der Waals surface area (Å²) in [6.45, 7) is -1.22. The lowest BCUT2D eigenvalue weighted by atomic mass is 10.0. The van der Waals surface area contributed by atoms with Crippen LogP contribution in [0.1, 0.15) is 12.8 Å². The molecule has 0 saturated carbocycles. The van der Waals surface area contributed by atoms with Gasteiger partial charge in [-0.15, -0.1) is 0 Å². The van der Waals surface area contributed by atoms with Crippen molar-refractivity contribution >= 4 is 11.9 Å². The van der Waals surface area contributed by atoms with E-state index < -0.39 is 55.5 Å². The number of nitrogens with two attached hydrogens (primary N) is 1. The minimum absolute atomic E-state index is 0.102. The van der Waals surface area contributed by atoms with E-state index in [1.165, 1.54) is 0 Å². The Labute approximate surface area is 120 Å². The molecule has 9 N–H and O–H groups in total. The zero-order valence-electron chi connectivity index (χ0n) is 11.3. The first-order valence-corrected chi connectivity index (χ1v) is 6.28. The van der Waals surface area contributed by atoms with Crippen molar-refractivity contribution in [2.75, 3.05) is 13.2 Å². The number of hydrogen-bond acceptors (Lipinski definition) is 8. The molecule has 0 radical (unpaired) electrons. The molecule has 0 aliphatic rings. The fourth-order valence-electron chi connectivity index (χ4n) is 1.55. The molecule has 10 heteroatoms. The Morgan fingerprint density at radius 3 is 2.00 bits per heavy atom. The standard InChI is InChI=1S/C11H22N2O8/c12-8(17)2-1-5(11(20)21)13-3-6(15)9(18)10(19)7(16)4-14/h5-7,9-10,13-16,18-19H,1-4H2,(H2,12,17)(H,20,21)/t5-,6?,7?,9?,10?/m0/s1. The second kappa shape index (κ2) is 9.60. The predicted octanol–water partition coefficient (Wildman–Crippen LogP) is -4.27. The summed E-state index contributed by atoms with van der Waals surface area (Å²) in [5.41, 5.74) is 4.90. The Bertz CT molecular complexity index is 340. The lowest BCUT2D eigenvalue weighted by Crippen LogP contribution is -2.51. The van der Waals surface area contributed by atoms with Crippen molar-refractivity contribution in [2.24, 2.45) is 5.73 Å². The number of carboxylic acid groups (broad SMARTS) is 1. The third-order valence-corrected chi connectivity index (χ3v) is 2.88. The average molecular weight is 310 g/mol. The van der Waals surface area contributed by atoms with Gasteiger partial charge in [-0.2, -0.15) is 0 Å². The van der Waals surface area contributed by atoms with Crippen LogP contribution in [0.25, 0.3) is 0 Å². The zero-order valence-corrected chi connectivity index (χ0v) is 11.3. The van der Waals surface area contributed by atoms with E-state index >= 15 is 0 Å². The first-order valence-electron chi connectivity index (χ1n) is 6.28. The summed E-state index contributed by atoms with van der Waals surface area (Å²) in [6.07, 6.45) is -7.08. The Morgan fingerprint density at radius 2 is 1.57 bits per heavy atom. The summed E-state index contributed by atoms with van der Waals surface area (Å²) >= 11 is 0. The van der Waals surface area contributed by atoms with Gasteiger partial charge >= 0.3 is 5.97 Å². The molecule has 0 aliphatic carbocycles. The highest BCUT2D eigenvalue weighted by molar-refractivity contribution is 5.77. The largest absolute Gasteiger partial charge is 0.480 e. The molecule has 0 bridgehead atoms. The predicted molar refractivity (Wildman–Crippen MR) is 69.0 cm³/mol. The van der Waals surface area contributed by atoms with E-state index in [9.17, 15) is 24.9 Å². The first-order chi connectivity index (χ1) is 9.70. The lowest BCUT2D eigenvalue weighted by molar-refractivity contribution is -0.140. The SMILES string of the molecule is NC(=O)CC[C@H](NCC(O)C(O)C(O)C(O)CO)C(=O)O. The van der Waals surface area contributed by atoms with Gasteiger partial charge in [-0.1, -0.05) is 0 Å². The monoisotopic (exact) mass is 310 g/mol. The van der Waals surface area contributed by atoms with E-state index in [0.29, 0.717) is 0 Å². The van der Waals surface area contributed by atoms with Gasteiger partial charge in [0.25, 0.3) is 0 Å². The summed E-state index contributed by atoms with van der Waals surface area (Å²) in [5.74, 6) is -1.95. The van der Waals surface area contributed by atoms with Crippen LogP contribution in [-0.4, -0.2) is 86.1 Å². The second-order valence-electron chi connectivity index (χ2n) is 4.60. The summed E-state index contributed by atoms with van der Waals surface area (Å²) in [5, 5.41) is 57.5. The number of carbonyl (C=O) groups excluding carboxylic acids is 1. The number of amides is 1. The van der Waals surface area contributed by atoms with Crippen LogP contribution in [0.15, 0.2) is 0 Å². The Hall–Kier alpha value is -1.30. The molecule has 21 heavy (non-hydrogen) atoms. The van der Waals surface area contributed by atoms with Crippen LogP contribution in [0, 0.1) is 0 Å². The Morgan fingerprint density at radius 1 is 1.05 bits per heavy atom. The number of carboxylic acids is 1. The number of rotatable bonds is 11. The molecule has 0 aliphatic heterocycles. The highest BCUT2D eigenvalue weighted by Gasteiger charge is 2.30. The van der Waals surface area contributed by atoms with E-state index in [1.54, 1.807) is 0 Å². The van der Waals surface area contributed by atoms with E-state index in [4.69, 9.17) is 21.1 Å². The van der Waals surface area contributed by atoms with Crippen molar-refractivity contribution in [3.8, 4) is 0 Å². The normalized spacial score (nSPS) is 18.5. The Kier molecular flexibility index (Phi) is 9.01. The van der Waals surface area contributed by atoms with Crippen molar-refractivity contribution < 1.29 is 40.2 Å². The number of aliphatic hydroxyl groups excluding tert-OH is 5. The molecule has 0 rings (SSSR count). The van der Waals surface area contributed by atoms with Gasteiger partial charge in [0, 0.05) is 13.0 Å². The fourth-order valence-corrected chi connectivity index (χ4v) is 1.55. The van der Waals surface area contributed by atoms with Crippen molar-refractivity contribution in [1.82, 2.24) is 5.32 Å². The molecular formula is C11H22N2O8. The third kappa shape index (κ3) is 7.32. The summed E-state index contributed by atoms with van der Waals surface area (Å²) in [4.78, 5) is 21.5. The molecule has 0 fully saturated rings. The van der Waals surface area contributed by atoms with Gasteiger partial charge in [0.05, 0.1) is 12.7 Å². The van der Waals surface area contributed by atoms with Crippen LogP contribution in [-0.2, 0) is 9.59 Å². The van der Waals surface area contributed by atoms with Crippen molar-refractivity contribution in [3.05, 3.63) is 0 Å². The lowest BCUT2D eigenvalue weighted by Gasteiger charge is -2.26. The molecule has 0 saturated heterocycles. The van der Waals surface area contributed by atoms with Crippen molar-refractivity contribution in [3.63, 3.8) is 0 Å². The summed E-state index contributed by atoms with van der Waals surface area (Å²) < 4.78 is 0. The molecular weight excluding hydrogens is 288 g/mol. The molecule has 4 unspecified atom stereocenters. The third-order valence-electron chi connectivity index (χ3n) is 2.88. The van der Waals surface area contributed by atoms with Crippen LogP contribution in [0.2, 0.25) is 0 Å². The molecule has 10 nitrogen and oxygen atoms in total. The Balaban J connectivity index is 4.38. The van der Waals surface area contributed by atoms with Gasteiger partial charge in [-0.25, -0.2) is 0 Å². The van der Waals surface area contributed by atoms with Crippen LogP contribution in [0.4, 0.5) is 0 Å². The van der Waals surface area contributed by atoms with Gasteiger partial charge in [0.15, 0.2) is 0 Å². The number of primary amides is 1. The molecule has 0 aromatic rings. The summed E-state index contributed by atoms with van der Waals surface area (Å²) in [6, 6.07) is -1.17. The first kappa shape index (κ1) is 19.7. The average Bonchev–Trinajstić information content (AvgIpc) is 2.43. The smallest absolute Gasteiger partial charge is 0.320 e. The fraction of sp³-hybridized carbons (Fsp3) is 0.818. The molecule has 5 atom stereocenters. The molecule has 0 spiro atoms. The van der Waals surface area contributed by atoms with Crippen LogP contribution >= 0.6 is 0 Å². The molecule has 1 amide bonds. The maximum absolute atomic E-state index is 10.9. The molecule has 124 valence electrons. The number of nitrogens with one attached hydrogen (secondary N) is 1. The number of carbonyl (C=O) groups is 2. The number of aliphatic carboxylic acids is 1. The van der Waals surface area contributed by atoms with Crippen molar-refractivity contribution in [1.29, 1.82) is 0 Å². The molecule has 0 aromatic heterocycles. The summed E-state index contributed by atoms with van der Waals surface area (Å²) in [7, 11) is 0. The minimum Gasteiger partial charge on any atom is -0.480 e. The zero-order chi connectivity index (χ0) is 16.6. The highest BCUT2D eigenvalue weighted by atomic mass is 16.4. The molecule has 0 heterocycles. The van der Waals surface area contributed by atoms with E-state index in [1.807, 2.05) is 0 Å². The van der Waals surface area contributed by atoms with E-state index in [-0.39, 0.29) is 12.8 Å². The van der Waals surface area contributed by atoms with Crippen LogP contribution in [0.3, 0.4) is 0 Å². The highest BCUT2D eigenvalue weighted by Crippen LogP contribution is 2.05. The topological polar surface area (TPSA) is 194 Å². The number of hydrogen-bond donors (Lipinski definition) is 8.